The summed E-state index contributed by atoms with van der Waals surface area (Å²) in [5.41, 5.74) is 10.8. The van der Waals surface area contributed by atoms with E-state index in [4.69, 9.17) is 21.7 Å². The molecule has 0 aromatic carbocycles. The van der Waals surface area contributed by atoms with Gasteiger partial charge < -0.3 is 37.6 Å². The Balaban J connectivity index is 5.36. The largest absolute Gasteiger partial charge is 0.481 e. The number of nitrogens with one attached hydrogen (secondary N) is 3. The number of hydrogen-bond acceptors (Lipinski definition) is 8. The standard InChI is InChI=1S/C18H31N5O8S/c1-3-8(2)14(20)17(29)21-9(4-5-13(25)26)15(27)23-11(7-32)16(28)22-10(18(30)31)6-12(19)24/h8-11,14,32H,3-7,20H2,1-2H3,(H2,19,24)(H,21,29)(H,22,28)(H,23,27)(H,25,26)(H,30,31). The van der Waals surface area contributed by atoms with E-state index in [-0.39, 0.29) is 18.1 Å². The molecule has 0 saturated carbocycles. The first-order chi connectivity index (χ1) is 14.8. The number of thiol groups is 1. The second-order valence-corrected chi connectivity index (χ2v) is 7.58. The zero-order valence-corrected chi connectivity index (χ0v) is 18.8. The third-order valence-electron chi connectivity index (χ3n) is 4.68. The SMILES string of the molecule is CCC(C)C(N)C(=O)NC(CCC(=O)O)C(=O)NC(CS)C(=O)NC(CC(N)=O)C(=O)O. The molecule has 0 saturated heterocycles. The van der Waals surface area contributed by atoms with Crippen LogP contribution >= 0.6 is 12.6 Å². The van der Waals surface area contributed by atoms with Gasteiger partial charge in [-0.2, -0.15) is 12.6 Å². The van der Waals surface area contributed by atoms with Gasteiger partial charge in [-0.15, -0.1) is 0 Å². The van der Waals surface area contributed by atoms with Gasteiger partial charge in [0.25, 0.3) is 0 Å². The van der Waals surface area contributed by atoms with E-state index in [9.17, 15) is 28.8 Å². The molecule has 5 unspecified atom stereocenters. The molecule has 0 bridgehead atoms. The van der Waals surface area contributed by atoms with Gasteiger partial charge in [-0.3, -0.25) is 24.0 Å². The van der Waals surface area contributed by atoms with Crippen molar-refractivity contribution in [2.45, 2.75) is 63.7 Å². The lowest BCUT2D eigenvalue weighted by atomic mass is 9.98. The number of rotatable bonds is 15. The maximum Gasteiger partial charge on any atom is 0.326 e. The molecule has 0 aromatic rings. The van der Waals surface area contributed by atoms with Crippen LogP contribution in [-0.2, 0) is 28.8 Å². The molecule has 0 heterocycles. The van der Waals surface area contributed by atoms with Crippen molar-refractivity contribution in [3.63, 3.8) is 0 Å². The van der Waals surface area contributed by atoms with E-state index in [0.717, 1.165) is 0 Å². The second kappa shape index (κ2) is 14.2. The lowest BCUT2D eigenvalue weighted by Gasteiger charge is -2.25. The van der Waals surface area contributed by atoms with Gasteiger partial charge in [0.15, 0.2) is 0 Å². The van der Waals surface area contributed by atoms with Crippen molar-refractivity contribution in [1.29, 1.82) is 0 Å². The maximum absolute atomic E-state index is 12.7. The van der Waals surface area contributed by atoms with E-state index in [0.29, 0.717) is 6.42 Å². The van der Waals surface area contributed by atoms with Crippen LogP contribution in [0.1, 0.15) is 39.5 Å². The summed E-state index contributed by atoms with van der Waals surface area (Å²) >= 11 is 3.95. The van der Waals surface area contributed by atoms with E-state index < -0.39 is 72.6 Å². The Morgan fingerprint density at radius 1 is 0.906 bits per heavy atom. The zero-order chi connectivity index (χ0) is 25.0. The Morgan fingerprint density at radius 2 is 1.41 bits per heavy atom. The molecule has 0 spiro atoms. The fourth-order valence-corrected chi connectivity index (χ4v) is 2.71. The molecule has 4 amide bonds. The number of hydrogen-bond donors (Lipinski definition) is 8. The molecule has 5 atom stereocenters. The van der Waals surface area contributed by atoms with Crippen LogP contribution < -0.4 is 27.4 Å². The molecule has 32 heavy (non-hydrogen) atoms. The molecule has 0 aliphatic rings. The van der Waals surface area contributed by atoms with Crippen LogP contribution in [0.3, 0.4) is 0 Å². The Morgan fingerprint density at radius 3 is 1.84 bits per heavy atom. The number of carbonyl (C=O) groups is 6. The summed E-state index contributed by atoms with van der Waals surface area (Å²) in [5, 5.41) is 24.8. The molecule has 182 valence electrons. The first kappa shape index (κ1) is 29.1. The van der Waals surface area contributed by atoms with Crippen LogP contribution in [0.2, 0.25) is 0 Å². The summed E-state index contributed by atoms with van der Waals surface area (Å²) in [4.78, 5) is 70.5. The van der Waals surface area contributed by atoms with Crippen molar-refractivity contribution in [1.82, 2.24) is 16.0 Å². The van der Waals surface area contributed by atoms with Gasteiger partial charge in [0.1, 0.15) is 18.1 Å². The monoisotopic (exact) mass is 477 g/mol. The average molecular weight is 478 g/mol. The number of nitrogens with two attached hydrogens (primary N) is 2. The van der Waals surface area contributed by atoms with Crippen molar-refractivity contribution in [3.05, 3.63) is 0 Å². The lowest BCUT2D eigenvalue weighted by Crippen LogP contribution is -2.58. The minimum Gasteiger partial charge on any atom is -0.481 e. The van der Waals surface area contributed by atoms with Crippen molar-refractivity contribution >= 4 is 48.2 Å². The molecule has 9 N–H and O–H groups in total. The second-order valence-electron chi connectivity index (χ2n) is 7.22. The number of carbonyl (C=O) groups excluding carboxylic acids is 4. The van der Waals surface area contributed by atoms with Gasteiger partial charge in [0.2, 0.25) is 23.6 Å². The molecule has 0 aliphatic carbocycles. The van der Waals surface area contributed by atoms with Crippen LogP contribution in [0.5, 0.6) is 0 Å². The molecular weight excluding hydrogens is 446 g/mol. The first-order valence-corrected chi connectivity index (χ1v) is 10.5. The molecule has 14 heteroatoms. The highest BCUT2D eigenvalue weighted by Gasteiger charge is 2.31. The average Bonchev–Trinajstić information content (AvgIpc) is 2.71. The molecule has 0 fully saturated rings. The van der Waals surface area contributed by atoms with Gasteiger partial charge in [-0.05, 0) is 12.3 Å². The number of carboxylic acid groups (broad SMARTS) is 2. The fourth-order valence-electron chi connectivity index (χ4n) is 2.46. The van der Waals surface area contributed by atoms with Crippen LogP contribution in [0.4, 0.5) is 0 Å². The van der Waals surface area contributed by atoms with Gasteiger partial charge in [-0.1, -0.05) is 20.3 Å². The summed E-state index contributed by atoms with van der Waals surface area (Å²) < 4.78 is 0. The van der Waals surface area contributed by atoms with Crippen LogP contribution in [0.25, 0.3) is 0 Å². The highest BCUT2D eigenvalue weighted by atomic mass is 32.1. The first-order valence-electron chi connectivity index (χ1n) is 9.84. The Kier molecular flexibility index (Phi) is 13.0. The molecule has 13 nitrogen and oxygen atoms in total. The van der Waals surface area contributed by atoms with Gasteiger partial charge in [0, 0.05) is 12.2 Å². The number of primary amides is 1. The fraction of sp³-hybridized carbons (Fsp3) is 0.667. The zero-order valence-electron chi connectivity index (χ0n) is 17.9. The van der Waals surface area contributed by atoms with Crippen LogP contribution in [-0.4, -0.2) is 75.7 Å². The maximum atomic E-state index is 12.7. The number of amides is 4. The van der Waals surface area contributed by atoms with E-state index in [1.165, 1.54) is 0 Å². The quantitative estimate of drug-likeness (QED) is 0.117. The Labute approximate surface area is 190 Å². The third kappa shape index (κ3) is 10.4. The van der Waals surface area contributed by atoms with Crippen molar-refractivity contribution in [2.75, 3.05) is 5.75 Å². The van der Waals surface area contributed by atoms with E-state index in [1.54, 1.807) is 6.92 Å². The predicted molar refractivity (Wildman–Crippen MR) is 115 cm³/mol. The molecule has 0 aromatic heterocycles. The summed E-state index contributed by atoms with van der Waals surface area (Å²) in [6.45, 7) is 3.56. The summed E-state index contributed by atoms with van der Waals surface area (Å²) in [6.07, 6.45) is -0.799. The molecular formula is C18H31N5O8S. The highest BCUT2D eigenvalue weighted by molar-refractivity contribution is 7.80. The number of carboxylic acids is 2. The number of aliphatic carboxylic acids is 2. The highest BCUT2D eigenvalue weighted by Crippen LogP contribution is 2.07. The minimum atomic E-state index is -1.62. The molecule has 0 rings (SSSR count). The Hall–Kier alpha value is -2.87. The lowest BCUT2D eigenvalue weighted by molar-refractivity contribution is -0.143. The van der Waals surface area contributed by atoms with E-state index in [2.05, 4.69) is 28.6 Å². The Bertz CT molecular complexity index is 719. The van der Waals surface area contributed by atoms with Crippen molar-refractivity contribution in [3.8, 4) is 0 Å². The minimum absolute atomic E-state index is 0.202. The topological polar surface area (TPSA) is 231 Å². The molecule has 0 aliphatic heterocycles. The molecule has 0 radical (unpaired) electrons. The van der Waals surface area contributed by atoms with E-state index >= 15 is 0 Å². The summed E-state index contributed by atoms with van der Waals surface area (Å²) in [7, 11) is 0. The predicted octanol–water partition coefficient (Wildman–Crippen LogP) is -2.43. The third-order valence-corrected chi connectivity index (χ3v) is 5.04. The normalized spacial score (nSPS) is 15.4. The smallest absolute Gasteiger partial charge is 0.326 e. The summed E-state index contributed by atoms with van der Waals surface area (Å²) in [5.74, 6) is -6.63. The van der Waals surface area contributed by atoms with Gasteiger partial charge in [0.05, 0.1) is 12.5 Å². The van der Waals surface area contributed by atoms with Crippen LogP contribution in [0, 0.1) is 5.92 Å². The van der Waals surface area contributed by atoms with Gasteiger partial charge >= 0.3 is 11.9 Å². The van der Waals surface area contributed by atoms with Crippen molar-refractivity contribution in [2.24, 2.45) is 17.4 Å². The van der Waals surface area contributed by atoms with Gasteiger partial charge in [-0.25, -0.2) is 4.79 Å². The summed E-state index contributed by atoms with van der Waals surface area (Å²) in [6, 6.07) is -5.21. The van der Waals surface area contributed by atoms with Crippen molar-refractivity contribution < 1.29 is 39.0 Å². The van der Waals surface area contributed by atoms with E-state index in [1.807, 2.05) is 6.92 Å². The van der Waals surface area contributed by atoms with Crippen LogP contribution in [0.15, 0.2) is 0 Å².